The van der Waals surface area contributed by atoms with Gasteiger partial charge in [0.1, 0.15) is 0 Å². The Morgan fingerprint density at radius 2 is 1.89 bits per heavy atom. The molecule has 2 nitrogen and oxygen atoms in total. The summed E-state index contributed by atoms with van der Waals surface area (Å²) in [5.41, 5.74) is 1.14. The molecule has 0 aliphatic heterocycles. The molecule has 5 rings (SSSR count). The van der Waals surface area contributed by atoms with Gasteiger partial charge in [0.05, 0.1) is 10.2 Å². The molecule has 3 fully saturated rings. The molecule has 0 spiro atoms. The van der Waals surface area contributed by atoms with E-state index < -0.39 is 0 Å². The quantitative estimate of drug-likeness (QED) is 0.885. The summed E-state index contributed by atoms with van der Waals surface area (Å²) in [6, 6.07) is 9.18. The van der Waals surface area contributed by atoms with Crippen LogP contribution in [0.3, 0.4) is 0 Å². The minimum absolute atomic E-state index is 0.747. The van der Waals surface area contributed by atoms with E-state index in [-0.39, 0.29) is 0 Å². The zero-order valence-electron chi connectivity index (χ0n) is 10.2. The number of hydrogen-bond acceptors (Lipinski definition) is 3. The molecule has 4 unspecified atom stereocenters. The van der Waals surface area contributed by atoms with Crippen molar-refractivity contribution < 1.29 is 0 Å². The zero-order chi connectivity index (χ0) is 11.7. The van der Waals surface area contributed by atoms with Crippen molar-refractivity contribution in [2.75, 3.05) is 5.32 Å². The highest BCUT2D eigenvalue weighted by atomic mass is 32.1. The molecule has 92 valence electrons. The molecule has 4 atom stereocenters. The lowest BCUT2D eigenvalue weighted by molar-refractivity contribution is 0.456. The van der Waals surface area contributed by atoms with Gasteiger partial charge in [-0.3, -0.25) is 0 Å². The average molecular weight is 256 g/mol. The topological polar surface area (TPSA) is 24.9 Å². The number of thiazole rings is 1. The summed E-state index contributed by atoms with van der Waals surface area (Å²) in [6.07, 6.45) is 4.50. The lowest BCUT2D eigenvalue weighted by Crippen LogP contribution is -2.12. The number of rotatable bonds is 2. The molecule has 1 N–H and O–H groups in total. The van der Waals surface area contributed by atoms with Crippen molar-refractivity contribution in [1.82, 2.24) is 4.98 Å². The third kappa shape index (κ3) is 1.21. The first-order valence-corrected chi connectivity index (χ1v) is 7.84. The summed E-state index contributed by atoms with van der Waals surface area (Å²) in [5, 5.41) is 4.85. The van der Waals surface area contributed by atoms with Crippen molar-refractivity contribution in [1.29, 1.82) is 0 Å². The van der Waals surface area contributed by atoms with Crippen LogP contribution in [0.1, 0.15) is 19.3 Å². The Morgan fingerprint density at radius 1 is 1.11 bits per heavy atom. The SMILES string of the molecule is c1ccc2sc(NC3C4C5CCC(C5)C34)nc2c1. The van der Waals surface area contributed by atoms with Gasteiger partial charge in [0.15, 0.2) is 5.13 Å². The third-order valence-electron chi connectivity index (χ3n) is 5.32. The second-order valence-corrected chi connectivity index (χ2v) is 7.18. The van der Waals surface area contributed by atoms with Crippen LogP contribution >= 0.6 is 11.3 Å². The van der Waals surface area contributed by atoms with Crippen molar-refractivity contribution in [2.24, 2.45) is 23.7 Å². The molecule has 1 heterocycles. The molecule has 1 aromatic heterocycles. The standard InChI is InChI=1S/C15H16N2S/c1-2-4-11-10(3-1)16-15(18-11)17-14-12-8-5-6-9(7-8)13(12)14/h1-4,8-9,12-14H,5-7H2,(H,16,17). The van der Waals surface area contributed by atoms with Gasteiger partial charge in [-0.05, 0) is 55.1 Å². The minimum atomic E-state index is 0.747. The van der Waals surface area contributed by atoms with E-state index in [4.69, 9.17) is 4.98 Å². The van der Waals surface area contributed by atoms with E-state index in [0.29, 0.717) is 0 Å². The van der Waals surface area contributed by atoms with E-state index in [0.717, 1.165) is 40.4 Å². The summed E-state index contributed by atoms with van der Waals surface area (Å²) < 4.78 is 1.30. The Labute approximate surface area is 110 Å². The Morgan fingerprint density at radius 3 is 2.67 bits per heavy atom. The Kier molecular flexibility index (Phi) is 1.78. The van der Waals surface area contributed by atoms with Gasteiger partial charge < -0.3 is 5.32 Å². The van der Waals surface area contributed by atoms with Crippen LogP contribution < -0.4 is 5.32 Å². The van der Waals surface area contributed by atoms with E-state index in [1.165, 1.54) is 24.0 Å². The Bertz CT molecular complexity index is 571. The number of nitrogens with zero attached hydrogens (tertiary/aromatic N) is 1. The molecule has 3 aliphatic carbocycles. The fourth-order valence-electron chi connectivity index (χ4n) is 4.59. The highest BCUT2D eigenvalue weighted by Crippen LogP contribution is 2.66. The Hall–Kier alpha value is -1.09. The lowest BCUT2D eigenvalue weighted by atomic mass is 10.0. The monoisotopic (exact) mass is 256 g/mol. The molecule has 0 saturated heterocycles. The third-order valence-corrected chi connectivity index (χ3v) is 6.29. The number of hydrogen-bond donors (Lipinski definition) is 1. The molecular formula is C15H16N2S. The predicted molar refractivity (Wildman–Crippen MR) is 74.8 cm³/mol. The molecule has 2 bridgehead atoms. The summed E-state index contributed by atoms with van der Waals surface area (Å²) in [4.78, 5) is 4.70. The smallest absolute Gasteiger partial charge is 0.184 e. The molecular weight excluding hydrogens is 240 g/mol. The second kappa shape index (κ2) is 3.27. The molecule has 2 aromatic rings. The van der Waals surface area contributed by atoms with Crippen LogP contribution in [-0.4, -0.2) is 11.0 Å². The highest BCUT2D eigenvalue weighted by molar-refractivity contribution is 7.22. The first-order valence-electron chi connectivity index (χ1n) is 7.02. The minimum Gasteiger partial charge on any atom is -0.358 e. The van der Waals surface area contributed by atoms with E-state index in [2.05, 4.69) is 29.6 Å². The fraction of sp³-hybridized carbons (Fsp3) is 0.533. The van der Waals surface area contributed by atoms with Crippen molar-refractivity contribution in [3.8, 4) is 0 Å². The van der Waals surface area contributed by atoms with Crippen LogP contribution in [0.4, 0.5) is 5.13 Å². The van der Waals surface area contributed by atoms with Crippen LogP contribution in [0, 0.1) is 23.7 Å². The predicted octanol–water partition coefficient (Wildman–Crippen LogP) is 3.75. The first kappa shape index (κ1) is 9.79. The summed E-state index contributed by atoms with van der Waals surface area (Å²) >= 11 is 1.80. The van der Waals surface area contributed by atoms with E-state index in [1.807, 2.05) is 0 Å². The molecule has 3 saturated carbocycles. The zero-order valence-corrected chi connectivity index (χ0v) is 11.0. The van der Waals surface area contributed by atoms with Crippen LogP contribution in [0.2, 0.25) is 0 Å². The molecule has 0 radical (unpaired) electrons. The fourth-order valence-corrected chi connectivity index (χ4v) is 5.51. The number of nitrogens with one attached hydrogen (secondary N) is 1. The maximum atomic E-state index is 4.70. The Balaban J connectivity index is 1.42. The highest BCUT2D eigenvalue weighted by Gasteiger charge is 2.65. The first-order chi connectivity index (χ1) is 8.90. The second-order valence-electron chi connectivity index (χ2n) is 6.14. The normalized spacial score (nSPS) is 40.1. The van der Waals surface area contributed by atoms with Crippen molar-refractivity contribution in [2.45, 2.75) is 25.3 Å². The summed E-state index contributed by atoms with van der Waals surface area (Å²) in [6.45, 7) is 0. The maximum Gasteiger partial charge on any atom is 0.184 e. The molecule has 0 amide bonds. The van der Waals surface area contributed by atoms with Gasteiger partial charge >= 0.3 is 0 Å². The van der Waals surface area contributed by atoms with Gasteiger partial charge in [-0.2, -0.15) is 0 Å². The van der Waals surface area contributed by atoms with E-state index in [1.54, 1.807) is 11.3 Å². The van der Waals surface area contributed by atoms with Crippen LogP contribution in [-0.2, 0) is 0 Å². The van der Waals surface area contributed by atoms with Crippen LogP contribution in [0.5, 0.6) is 0 Å². The number of fused-ring (bicyclic) bond motifs is 6. The number of aromatic nitrogens is 1. The van der Waals surface area contributed by atoms with Gasteiger partial charge in [-0.25, -0.2) is 4.98 Å². The van der Waals surface area contributed by atoms with Crippen LogP contribution in [0.15, 0.2) is 24.3 Å². The van der Waals surface area contributed by atoms with Gasteiger partial charge in [0.25, 0.3) is 0 Å². The van der Waals surface area contributed by atoms with Crippen molar-refractivity contribution >= 4 is 26.7 Å². The van der Waals surface area contributed by atoms with Gasteiger partial charge in [-0.15, -0.1) is 0 Å². The maximum absolute atomic E-state index is 4.70. The number of para-hydroxylation sites is 1. The van der Waals surface area contributed by atoms with Gasteiger partial charge in [-0.1, -0.05) is 23.5 Å². The molecule has 18 heavy (non-hydrogen) atoms. The molecule has 3 aliphatic rings. The van der Waals surface area contributed by atoms with E-state index in [9.17, 15) is 0 Å². The lowest BCUT2D eigenvalue weighted by Gasteiger charge is -2.08. The van der Waals surface area contributed by atoms with Gasteiger partial charge in [0.2, 0.25) is 0 Å². The van der Waals surface area contributed by atoms with Crippen LogP contribution in [0.25, 0.3) is 10.2 Å². The largest absolute Gasteiger partial charge is 0.358 e. The molecule has 3 heteroatoms. The summed E-state index contributed by atoms with van der Waals surface area (Å²) in [5.74, 6) is 4.03. The van der Waals surface area contributed by atoms with Crippen molar-refractivity contribution in [3.05, 3.63) is 24.3 Å². The molecule has 1 aromatic carbocycles. The average Bonchev–Trinajstić information content (AvgIpc) is 2.79. The van der Waals surface area contributed by atoms with Gasteiger partial charge in [0, 0.05) is 6.04 Å². The summed E-state index contributed by atoms with van der Waals surface area (Å²) in [7, 11) is 0. The van der Waals surface area contributed by atoms with E-state index >= 15 is 0 Å². The number of anilines is 1. The van der Waals surface area contributed by atoms with Crippen molar-refractivity contribution in [3.63, 3.8) is 0 Å². The number of benzene rings is 1.